The molecule has 5 nitrogen and oxygen atoms in total. The van der Waals surface area contributed by atoms with Crippen molar-refractivity contribution in [2.75, 3.05) is 12.4 Å². The van der Waals surface area contributed by atoms with Gasteiger partial charge in [-0.2, -0.15) is 0 Å². The molecule has 0 bridgehead atoms. The lowest BCUT2D eigenvalue weighted by Crippen LogP contribution is -2.47. The molecule has 0 aliphatic carbocycles. The van der Waals surface area contributed by atoms with Crippen LogP contribution in [-0.4, -0.2) is 31.1 Å². The molecule has 1 aromatic carbocycles. The highest BCUT2D eigenvalue weighted by molar-refractivity contribution is 6.42. The van der Waals surface area contributed by atoms with E-state index in [-0.39, 0.29) is 11.8 Å². The normalized spacial score (nSPS) is 13.3. The number of anilines is 1. The number of carbonyl (C=O) groups excluding carboxylic acids is 2. The van der Waals surface area contributed by atoms with Crippen LogP contribution in [0.3, 0.4) is 0 Å². The van der Waals surface area contributed by atoms with Gasteiger partial charge >= 0.3 is 5.97 Å². The quantitative estimate of drug-likeness (QED) is 0.730. The van der Waals surface area contributed by atoms with Crippen molar-refractivity contribution in [3.8, 4) is 0 Å². The Kier molecular flexibility index (Phi) is 7.65. The van der Waals surface area contributed by atoms with Crippen LogP contribution in [0.4, 0.5) is 5.69 Å². The monoisotopic (exact) mass is 360 g/mol. The fourth-order valence-electron chi connectivity index (χ4n) is 2.03. The number of esters is 1. The van der Waals surface area contributed by atoms with E-state index in [1.165, 1.54) is 7.11 Å². The van der Waals surface area contributed by atoms with Crippen molar-refractivity contribution in [3.63, 3.8) is 0 Å². The van der Waals surface area contributed by atoms with Gasteiger partial charge in [-0.25, -0.2) is 4.79 Å². The van der Waals surface area contributed by atoms with Gasteiger partial charge < -0.3 is 15.4 Å². The van der Waals surface area contributed by atoms with Crippen LogP contribution in [0, 0.1) is 5.92 Å². The summed E-state index contributed by atoms with van der Waals surface area (Å²) in [6.45, 7) is 5.64. The summed E-state index contributed by atoms with van der Waals surface area (Å²) in [6.07, 6.45) is 0.512. The Morgan fingerprint density at radius 2 is 1.83 bits per heavy atom. The summed E-state index contributed by atoms with van der Waals surface area (Å²) in [7, 11) is 1.30. The van der Waals surface area contributed by atoms with E-state index in [1.807, 2.05) is 13.8 Å². The first-order chi connectivity index (χ1) is 10.7. The van der Waals surface area contributed by atoms with Gasteiger partial charge in [-0.05, 0) is 37.5 Å². The molecule has 0 spiro atoms. The lowest BCUT2D eigenvalue weighted by Gasteiger charge is -2.21. The first-order valence-electron chi connectivity index (χ1n) is 7.34. The number of benzene rings is 1. The average molecular weight is 361 g/mol. The van der Waals surface area contributed by atoms with Gasteiger partial charge in [-0.3, -0.25) is 4.79 Å². The molecule has 128 valence electrons. The number of methoxy groups -OCH3 is 1. The minimum absolute atomic E-state index is 0.248. The molecule has 1 amide bonds. The molecule has 0 aliphatic heterocycles. The zero-order valence-corrected chi connectivity index (χ0v) is 15.2. The molecule has 7 heteroatoms. The van der Waals surface area contributed by atoms with Crippen LogP contribution in [0.15, 0.2) is 18.2 Å². The smallest absolute Gasteiger partial charge is 0.328 e. The number of rotatable bonds is 7. The van der Waals surface area contributed by atoms with E-state index < -0.39 is 18.1 Å². The second kappa shape index (κ2) is 8.99. The number of nitrogens with one attached hydrogen (secondary N) is 2. The first kappa shape index (κ1) is 19.6. The maximum absolute atomic E-state index is 12.3. The predicted molar refractivity (Wildman–Crippen MR) is 92.9 cm³/mol. The topological polar surface area (TPSA) is 67.4 Å². The van der Waals surface area contributed by atoms with Crippen LogP contribution >= 0.6 is 23.2 Å². The molecule has 1 rings (SSSR count). The highest BCUT2D eigenvalue weighted by Gasteiger charge is 2.24. The highest BCUT2D eigenvalue weighted by Crippen LogP contribution is 2.25. The molecule has 2 atom stereocenters. The molecule has 1 unspecified atom stereocenters. The van der Waals surface area contributed by atoms with Crippen LogP contribution < -0.4 is 10.6 Å². The maximum atomic E-state index is 12.3. The molecule has 0 radical (unpaired) electrons. The Morgan fingerprint density at radius 3 is 2.35 bits per heavy atom. The Morgan fingerprint density at radius 1 is 1.17 bits per heavy atom. The Bertz CT molecular complexity index is 564. The molecule has 0 saturated carbocycles. The summed E-state index contributed by atoms with van der Waals surface area (Å²) in [5.74, 6) is -0.501. The molecule has 0 fully saturated rings. The summed E-state index contributed by atoms with van der Waals surface area (Å²) in [6, 6.07) is 3.80. The Balaban J connectivity index is 2.70. The van der Waals surface area contributed by atoms with Crippen molar-refractivity contribution in [3.05, 3.63) is 28.2 Å². The van der Waals surface area contributed by atoms with Gasteiger partial charge in [0.25, 0.3) is 0 Å². The third kappa shape index (κ3) is 6.28. The van der Waals surface area contributed by atoms with Gasteiger partial charge in [0.05, 0.1) is 17.2 Å². The predicted octanol–water partition coefficient (Wildman–Crippen LogP) is 3.50. The van der Waals surface area contributed by atoms with E-state index in [2.05, 4.69) is 10.6 Å². The number of hydrogen-bond acceptors (Lipinski definition) is 4. The molecular formula is C16H22Cl2N2O3. The molecular weight excluding hydrogens is 339 g/mol. The van der Waals surface area contributed by atoms with Gasteiger partial charge in [-0.1, -0.05) is 37.0 Å². The van der Waals surface area contributed by atoms with Crippen molar-refractivity contribution in [1.29, 1.82) is 0 Å². The van der Waals surface area contributed by atoms with Crippen molar-refractivity contribution in [1.82, 2.24) is 5.32 Å². The number of hydrogen-bond donors (Lipinski definition) is 2. The largest absolute Gasteiger partial charge is 0.467 e. The Labute approximate surface area is 146 Å². The number of carbonyl (C=O) groups is 2. The fourth-order valence-corrected chi connectivity index (χ4v) is 2.32. The van der Waals surface area contributed by atoms with Gasteiger partial charge in [0.2, 0.25) is 5.91 Å². The van der Waals surface area contributed by atoms with Gasteiger partial charge in [-0.15, -0.1) is 0 Å². The third-order valence-electron chi connectivity index (χ3n) is 3.21. The van der Waals surface area contributed by atoms with Crippen molar-refractivity contribution in [2.45, 2.75) is 39.3 Å². The SMILES string of the molecule is COC(=O)[C@H](CC(C)C)NC(=O)C(C)Nc1ccc(Cl)c(Cl)c1. The average Bonchev–Trinajstić information content (AvgIpc) is 2.48. The van der Waals surface area contributed by atoms with E-state index in [0.29, 0.717) is 22.2 Å². The number of ether oxygens (including phenoxy) is 1. The van der Waals surface area contributed by atoms with E-state index in [4.69, 9.17) is 27.9 Å². The lowest BCUT2D eigenvalue weighted by molar-refractivity contribution is -0.145. The van der Waals surface area contributed by atoms with Crippen molar-refractivity contribution >= 4 is 40.8 Å². The Hall–Kier alpha value is -1.46. The molecule has 0 aromatic heterocycles. The zero-order chi connectivity index (χ0) is 17.6. The second-order valence-corrected chi connectivity index (χ2v) is 6.52. The van der Waals surface area contributed by atoms with Gasteiger partial charge in [0.15, 0.2) is 0 Å². The van der Waals surface area contributed by atoms with Crippen LogP contribution in [0.25, 0.3) is 0 Å². The summed E-state index contributed by atoms with van der Waals surface area (Å²) < 4.78 is 4.73. The van der Waals surface area contributed by atoms with E-state index in [1.54, 1.807) is 25.1 Å². The molecule has 0 saturated heterocycles. The zero-order valence-electron chi connectivity index (χ0n) is 13.7. The lowest BCUT2D eigenvalue weighted by atomic mass is 10.0. The molecule has 0 heterocycles. The highest BCUT2D eigenvalue weighted by atomic mass is 35.5. The standard InChI is InChI=1S/C16H22Cl2N2O3/c1-9(2)7-14(16(22)23-4)20-15(21)10(3)19-11-5-6-12(17)13(18)8-11/h5-6,8-10,14,19H,7H2,1-4H3,(H,20,21)/t10?,14-/m0/s1. The van der Waals surface area contributed by atoms with Gasteiger partial charge in [0, 0.05) is 5.69 Å². The second-order valence-electron chi connectivity index (χ2n) is 5.71. The minimum atomic E-state index is -0.662. The summed E-state index contributed by atoms with van der Waals surface area (Å²) in [5.41, 5.74) is 0.667. The molecule has 0 aliphatic rings. The maximum Gasteiger partial charge on any atom is 0.328 e. The minimum Gasteiger partial charge on any atom is -0.467 e. The number of amides is 1. The van der Waals surface area contributed by atoms with E-state index >= 15 is 0 Å². The van der Waals surface area contributed by atoms with E-state index in [9.17, 15) is 9.59 Å². The molecule has 23 heavy (non-hydrogen) atoms. The number of halogens is 2. The van der Waals surface area contributed by atoms with Crippen molar-refractivity contribution < 1.29 is 14.3 Å². The van der Waals surface area contributed by atoms with Crippen LogP contribution in [-0.2, 0) is 14.3 Å². The summed E-state index contributed by atoms with van der Waals surface area (Å²) in [5, 5.41) is 6.57. The summed E-state index contributed by atoms with van der Waals surface area (Å²) in [4.78, 5) is 24.0. The van der Waals surface area contributed by atoms with E-state index in [0.717, 1.165) is 0 Å². The fraction of sp³-hybridized carbons (Fsp3) is 0.500. The van der Waals surface area contributed by atoms with Crippen LogP contribution in [0.5, 0.6) is 0 Å². The summed E-state index contributed by atoms with van der Waals surface area (Å²) >= 11 is 11.8. The molecule has 1 aromatic rings. The van der Waals surface area contributed by atoms with Gasteiger partial charge in [0.1, 0.15) is 12.1 Å². The molecule has 2 N–H and O–H groups in total. The van der Waals surface area contributed by atoms with Crippen LogP contribution in [0.2, 0.25) is 10.0 Å². The van der Waals surface area contributed by atoms with Crippen molar-refractivity contribution in [2.24, 2.45) is 5.92 Å². The van der Waals surface area contributed by atoms with Crippen LogP contribution in [0.1, 0.15) is 27.2 Å². The first-order valence-corrected chi connectivity index (χ1v) is 8.10. The third-order valence-corrected chi connectivity index (χ3v) is 3.94.